The van der Waals surface area contributed by atoms with Gasteiger partial charge in [-0.05, 0) is 18.1 Å². The Morgan fingerprint density at radius 1 is 1.30 bits per heavy atom. The summed E-state index contributed by atoms with van der Waals surface area (Å²) < 4.78 is 5.53. The molecule has 0 saturated heterocycles. The average molecular weight is 274 g/mol. The molecule has 0 aliphatic heterocycles. The third-order valence-electron chi connectivity index (χ3n) is 2.65. The Labute approximate surface area is 117 Å². The molecule has 106 valence electrons. The summed E-state index contributed by atoms with van der Waals surface area (Å²) in [7, 11) is 0. The minimum absolute atomic E-state index is 0.0499. The zero-order valence-corrected chi connectivity index (χ0v) is 11.7. The van der Waals surface area contributed by atoms with Gasteiger partial charge in [-0.1, -0.05) is 13.8 Å². The van der Waals surface area contributed by atoms with Crippen LogP contribution >= 0.6 is 0 Å². The first-order valence-corrected chi connectivity index (χ1v) is 6.64. The molecule has 0 unspecified atom stereocenters. The molecule has 0 bridgehead atoms. The SMILES string of the molecule is CC(C)CC(=O)NCCc1nnc(-c2ccncc2)o1. The molecule has 2 aromatic rings. The van der Waals surface area contributed by atoms with Crippen LogP contribution in [0.25, 0.3) is 11.5 Å². The molecule has 20 heavy (non-hydrogen) atoms. The first-order valence-electron chi connectivity index (χ1n) is 6.64. The highest BCUT2D eigenvalue weighted by molar-refractivity contribution is 5.76. The Morgan fingerprint density at radius 3 is 2.75 bits per heavy atom. The lowest BCUT2D eigenvalue weighted by Gasteiger charge is -2.05. The molecule has 0 saturated carbocycles. The van der Waals surface area contributed by atoms with E-state index in [0.717, 1.165) is 5.56 Å². The molecule has 6 heteroatoms. The normalized spacial score (nSPS) is 10.8. The zero-order valence-electron chi connectivity index (χ0n) is 11.7. The highest BCUT2D eigenvalue weighted by Crippen LogP contribution is 2.16. The van der Waals surface area contributed by atoms with E-state index < -0.39 is 0 Å². The number of carbonyl (C=O) groups excluding carboxylic acids is 1. The van der Waals surface area contributed by atoms with Gasteiger partial charge in [0.1, 0.15) is 0 Å². The van der Waals surface area contributed by atoms with Gasteiger partial charge < -0.3 is 9.73 Å². The quantitative estimate of drug-likeness (QED) is 0.869. The summed E-state index contributed by atoms with van der Waals surface area (Å²) in [5.41, 5.74) is 0.836. The van der Waals surface area contributed by atoms with Gasteiger partial charge >= 0.3 is 0 Å². The van der Waals surface area contributed by atoms with E-state index in [1.807, 2.05) is 26.0 Å². The van der Waals surface area contributed by atoms with E-state index in [4.69, 9.17) is 4.42 Å². The van der Waals surface area contributed by atoms with Gasteiger partial charge in [0.05, 0.1) is 0 Å². The van der Waals surface area contributed by atoms with Crippen molar-refractivity contribution in [3.8, 4) is 11.5 Å². The molecule has 1 N–H and O–H groups in total. The van der Waals surface area contributed by atoms with Crippen LogP contribution < -0.4 is 5.32 Å². The molecule has 2 rings (SSSR count). The first kappa shape index (κ1) is 14.2. The van der Waals surface area contributed by atoms with Crippen molar-refractivity contribution in [2.24, 2.45) is 5.92 Å². The van der Waals surface area contributed by atoms with Crippen LogP contribution in [0.15, 0.2) is 28.9 Å². The molecule has 0 aromatic carbocycles. The van der Waals surface area contributed by atoms with Crippen molar-refractivity contribution < 1.29 is 9.21 Å². The molecule has 0 aliphatic rings. The van der Waals surface area contributed by atoms with Crippen LogP contribution in [0.5, 0.6) is 0 Å². The summed E-state index contributed by atoms with van der Waals surface area (Å²) >= 11 is 0. The Hall–Kier alpha value is -2.24. The van der Waals surface area contributed by atoms with Crippen LogP contribution in [0.1, 0.15) is 26.2 Å². The number of aromatic nitrogens is 3. The number of carbonyl (C=O) groups is 1. The zero-order chi connectivity index (χ0) is 14.4. The molecule has 2 aromatic heterocycles. The maximum atomic E-state index is 11.5. The van der Waals surface area contributed by atoms with Gasteiger partial charge in [0.2, 0.25) is 17.7 Å². The van der Waals surface area contributed by atoms with Gasteiger partial charge in [-0.2, -0.15) is 0 Å². The second-order valence-electron chi connectivity index (χ2n) is 4.93. The van der Waals surface area contributed by atoms with Crippen LogP contribution in [-0.4, -0.2) is 27.6 Å². The van der Waals surface area contributed by atoms with Crippen molar-refractivity contribution in [3.63, 3.8) is 0 Å². The molecule has 0 aliphatic carbocycles. The number of pyridine rings is 1. The highest BCUT2D eigenvalue weighted by Gasteiger charge is 2.09. The summed E-state index contributed by atoms with van der Waals surface area (Å²) in [5.74, 6) is 1.39. The third kappa shape index (κ3) is 4.15. The van der Waals surface area contributed by atoms with E-state index in [-0.39, 0.29) is 5.91 Å². The van der Waals surface area contributed by atoms with E-state index in [9.17, 15) is 4.79 Å². The van der Waals surface area contributed by atoms with Crippen LogP contribution in [0.3, 0.4) is 0 Å². The van der Waals surface area contributed by atoms with E-state index in [1.54, 1.807) is 12.4 Å². The van der Waals surface area contributed by atoms with Gasteiger partial charge in [-0.15, -0.1) is 10.2 Å². The van der Waals surface area contributed by atoms with Crippen molar-refractivity contribution in [1.82, 2.24) is 20.5 Å². The summed E-state index contributed by atoms with van der Waals surface area (Å²) in [4.78, 5) is 15.4. The summed E-state index contributed by atoms with van der Waals surface area (Å²) in [6.45, 7) is 4.53. The van der Waals surface area contributed by atoms with Crippen molar-refractivity contribution in [3.05, 3.63) is 30.4 Å². The van der Waals surface area contributed by atoms with Gasteiger partial charge in [0.25, 0.3) is 0 Å². The minimum atomic E-state index is 0.0499. The van der Waals surface area contributed by atoms with Crippen LogP contribution in [0.2, 0.25) is 0 Å². The van der Waals surface area contributed by atoms with Gasteiger partial charge in [-0.25, -0.2) is 0 Å². The fourth-order valence-corrected chi connectivity index (χ4v) is 1.72. The largest absolute Gasteiger partial charge is 0.421 e. The standard InChI is InChI=1S/C14H18N4O2/c1-10(2)9-12(19)16-8-5-13-17-18-14(20-13)11-3-6-15-7-4-11/h3-4,6-7,10H,5,8-9H2,1-2H3,(H,16,19). The fourth-order valence-electron chi connectivity index (χ4n) is 1.72. The summed E-state index contributed by atoms with van der Waals surface area (Å²) in [6, 6.07) is 3.61. The highest BCUT2D eigenvalue weighted by atomic mass is 16.4. The molecule has 0 spiro atoms. The van der Waals surface area contributed by atoms with Crippen LogP contribution in [0, 0.1) is 5.92 Å². The number of hydrogen-bond acceptors (Lipinski definition) is 5. The van der Waals surface area contributed by atoms with Crippen molar-refractivity contribution in [1.29, 1.82) is 0 Å². The molecule has 0 radical (unpaired) electrons. The lowest BCUT2D eigenvalue weighted by Crippen LogP contribution is -2.26. The van der Waals surface area contributed by atoms with E-state index in [0.29, 0.717) is 37.1 Å². The lowest BCUT2D eigenvalue weighted by atomic mass is 10.1. The number of rotatable bonds is 6. The molecular formula is C14H18N4O2. The van der Waals surface area contributed by atoms with Gasteiger partial charge in [-0.3, -0.25) is 9.78 Å². The van der Waals surface area contributed by atoms with E-state index in [1.165, 1.54) is 0 Å². The maximum absolute atomic E-state index is 11.5. The fraction of sp³-hybridized carbons (Fsp3) is 0.429. The molecule has 0 atom stereocenters. The number of amides is 1. The third-order valence-corrected chi connectivity index (χ3v) is 2.65. The van der Waals surface area contributed by atoms with Gasteiger partial charge in [0, 0.05) is 37.3 Å². The minimum Gasteiger partial charge on any atom is -0.421 e. The number of nitrogens with zero attached hydrogens (tertiary/aromatic N) is 3. The number of nitrogens with one attached hydrogen (secondary N) is 1. The Morgan fingerprint density at radius 2 is 2.05 bits per heavy atom. The predicted molar refractivity (Wildman–Crippen MR) is 73.7 cm³/mol. The molecular weight excluding hydrogens is 256 g/mol. The van der Waals surface area contributed by atoms with E-state index in [2.05, 4.69) is 20.5 Å². The van der Waals surface area contributed by atoms with Crippen molar-refractivity contribution in [2.75, 3.05) is 6.54 Å². The molecule has 2 heterocycles. The van der Waals surface area contributed by atoms with Crippen LogP contribution in [0.4, 0.5) is 0 Å². The van der Waals surface area contributed by atoms with Gasteiger partial charge in [0.15, 0.2) is 0 Å². The van der Waals surface area contributed by atoms with Crippen molar-refractivity contribution in [2.45, 2.75) is 26.7 Å². The second-order valence-corrected chi connectivity index (χ2v) is 4.93. The van der Waals surface area contributed by atoms with Crippen molar-refractivity contribution >= 4 is 5.91 Å². The second kappa shape index (κ2) is 6.79. The maximum Gasteiger partial charge on any atom is 0.247 e. The summed E-state index contributed by atoms with van der Waals surface area (Å²) in [5, 5.41) is 10.8. The monoisotopic (exact) mass is 274 g/mol. The Kier molecular flexibility index (Phi) is 4.81. The average Bonchev–Trinajstić information content (AvgIpc) is 2.88. The lowest BCUT2D eigenvalue weighted by molar-refractivity contribution is -0.121. The topological polar surface area (TPSA) is 80.9 Å². The molecule has 6 nitrogen and oxygen atoms in total. The van der Waals surface area contributed by atoms with E-state index >= 15 is 0 Å². The smallest absolute Gasteiger partial charge is 0.247 e. The Bertz CT molecular complexity index is 551. The molecule has 1 amide bonds. The summed E-state index contributed by atoms with van der Waals surface area (Å²) in [6.07, 6.45) is 4.41. The first-order chi connectivity index (χ1) is 9.65. The van der Waals surface area contributed by atoms with Crippen LogP contribution in [-0.2, 0) is 11.2 Å². The Balaban J connectivity index is 1.83. The molecule has 0 fully saturated rings. The number of hydrogen-bond donors (Lipinski definition) is 1. The predicted octanol–water partition coefficient (Wildman–Crippen LogP) is 1.84.